The van der Waals surface area contributed by atoms with Gasteiger partial charge in [0.1, 0.15) is 0 Å². The highest BCUT2D eigenvalue weighted by molar-refractivity contribution is 9.10. The van der Waals surface area contributed by atoms with Crippen LogP contribution >= 0.6 is 15.9 Å². The number of carbonyl (C=O) groups is 1. The van der Waals surface area contributed by atoms with Crippen molar-refractivity contribution in [1.82, 2.24) is 9.62 Å². The number of carbonyl (C=O) groups excluding carboxylic acids is 1. The Balaban J connectivity index is 1.69. The van der Waals surface area contributed by atoms with Gasteiger partial charge in [-0.15, -0.1) is 0 Å². The number of amides is 1. The first kappa shape index (κ1) is 22.6. The van der Waals surface area contributed by atoms with Gasteiger partial charge >= 0.3 is 6.18 Å². The summed E-state index contributed by atoms with van der Waals surface area (Å²) in [6, 6.07) is 8.79. The van der Waals surface area contributed by atoms with Crippen molar-refractivity contribution in [3.8, 4) is 0 Å². The van der Waals surface area contributed by atoms with Gasteiger partial charge in [0.25, 0.3) is 5.91 Å². The number of nitrogens with one attached hydrogen (secondary N) is 1. The third-order valence-corrected chi connectivity index (χ3v) is 6.87. The van der Waals surface area contributed by atoms with Crippen LogP contribution < -0.4 is 10.5 Å². The molecule has 0 aliphatic carbocycles. The van der Waals surface area contributed by atoms with Gasteiger partial charge in [-0.25, -0.2) is 13.1 Å². The fourth-order valence-electron chi connectivity index (χ4n) is 3.25. The molecule has 1 heterocycles. The van der Waals surface area contributed by atoms with E-state index in [9.17, 15) is 26.4 Å². The molecule has 2 aromatic carbocycles. The second-order valence-corrected chi connectivity index (χ2v) is 9.55. The van der Waals surface area contributed by atoms with Crippen molar-refractivity contribution < 1.29 is 26.4 Å². The van der Waals surface area contributed by atoms with Crippen LogP contribution in [0.3, 0.4) is 0 Å². The molecular weight excluding hydrogens is 487 g/mol. The highest BCUT2D eigenvalue weighted by atomic mass is 79.9. The number of hydrogen-bond acceptors (Lipinski definition) is 4. The normalized spacial score (nSPS) is 15.9. The highest BCUT2D eigenvalue weighted by Crippen LogP contribution is 2.36. The minimum absolute atomic E-state index is 0.128. The van der Waals surface area contributed by atoms with E-state index in [4.69, 9.17) is 5.73 Å². The van der Waals surface area contributed by atoms with Crippen molar-refractivity contribution in [2.45, 2.75) is 30.0 Å². The lowest BCUT2D eigenvalue weighted by Crippen LogP contribution is -2.46. The van der Waals surface area contributed by atoms with E-state index in [0.717, 1.165) is 12.1 Å². The van der Waals surface area contributed by atoms with E-state index >= 15 is 0 Å². The third-order valence-electron chi connectivity index (χ3n) is 4.80. The molecule has 0 bridgehead atoms. The molecule has 3 rings (SSSR count). The van der Waals surface area contributed by atoms with E-state index in [1.165, 1.54) is 6.07 Å². The lowest BCUT2D eigenvalue weighted by atomic mass is 10.0. The van der Waals surface area contributed by atoms with Gasteiger partial charge in [0, 0.05) is 34.9 Å². The van der Waals surface area contributed by atoms with E-state index in [1.54, 1.807) is 29.2 Å². The molecule has 2 aromatic rings. The molecule has 11 heteroatoms. The van der Waals surface area contributed by atoms with Crippen LogP contribution in [0.4, 0.5) is 18.9 Å². The first-order chi connectivity index (χ1) is 14.0. The molecule has 0 spiro atoms. The van der Waals surface area contributed by atoms with Gasteiger partial charge in [-0.1, -0.05) is 15.9 Å². The van der Waals surface area contributed by atoms with E-state index in [2.05, 4.69) is 20.7 Å². The average molecular weight is 506 g/mol. The minimum atomic E-state index is -4.82. The summed E-state index contributed by atoms with van der Waals surface area (Å²) >= 11 is 2.94. The molecule has 30 heavy (non-hydrogen) atoms. The number of benzene rings is 2. The van der Waals surface area contributed by atoms with Crippen LogP contribution in [-0.2, 0) is 16.2 Å². The van der Waals surface area contributed by atoms with Crippen molar-refractivity contribution in [2.24, 2.45) is 0 Å². The van der Waals surface area contributed by atoms with E-state index in [0.29, 0.717) is 11.3 Å². The van der Waals surface area contributed by atoms with E-state index < -0.39 is 32.7 Å². The first-order valence-electron chi connectivity index (χ1n) is 9.01. The molecule has 1 amide bonds. The van der Waals surface area contributed by atoms with Gasteiger partial charge in [0.05, 0.1) is 10.5 Å². The first-order valence-corrected chi connectivity index (χ1v) is 11.3. The Morgan fingerprint density at radius 2 is 1.70 bits per heavy atom. The number of sulfonamides is 1. The molecule has 0 atom stereocenters. The van der Waals surface area contributed by atoms with Gasteiger partial charge in [-0.3, -0.25) is 4.79 Å². The standard InChI is InChI=1S/C19H19BrF3N3O3S/c20-13-3-6-17(16(11-13)19(21,22)23)30(28,29)25-15-7-9-26(10-8-15)18(27)12-1-4-14(24)5-2-12/h1-6,11,15,25H,7-10,24H2. The average Bonchev–Trinajstić information content (AvgIpc) is 2.67. The van der Waals surface area contributed by atoms with E-state index in [1.807, 2.05) is 0 Å². The van der Waals surface area contributed by atoms with Crippen molar-refractivity contribution in [3.05, 3.63) is 58.1 Å². The molecule has 3 N–H and O–H groups in total. The molecule has 1 fully saturated rings. The third kappa shape index (κ3) is 5.13. The minimum Gasteiger partial charge on any atom is -0.399 e. The Morgan fingerprint density at radius 3 is 2.27 bits per heavy atom. The molecule has 0 radical (unpaired) electrons. The number of likely N-dealkylation sites (tertiary alicyclic amines) is 1. The number of anilines is 1. The Hall–Kier alpha value is -2.11. The predicted octanol–water partition coefficient (Wildman–Crippen LogP) is 3.63. The zero-order valence-corrected chi connectivity index (χ0v) is 18.0. The van der Waals surface area contributed by atoms with Crippen molar-refractivity contribution in [3.63, 3.8) is 0 Å². The monoisotopic (exact) mass is 505 g/mol. The van der Waals surface area contributed by atoms with Gasteiger partial charge in [0.2, 0.25) is 10.0 Å². The smallest absolute Gasteiger partial charge is 0.399 e. The van der Waals surface area contributed by atoms with Gasteiger partial charge < -0.3 is 10.6 Å². The fraction of sp³-hybridized carbons (Fsp3) is 0.316. The molecule has 1 saturated heterocycles. The molecule has 1 aliphatic rings. The largest absolute Gasteiger partial charge is 0.417 e. The number of halogens is 4. The number of hydrogen-bond donors (Lipinski definition) is 2. The lowest BCUT2D eigenvalue weighted by Gasteiger charge is -2.32. The number of piperidine rings is 1. The quantitative estimate of drug-likeness (QED) is 0.620. The van der Waals surface area contributed by atoms with E-state index in [-0.39, 0.29) is 36.3 Å². The van der Waals surface area contributed by atoms with Gasteiger partial charge in [0.15, 0.2) is 0 Å². The summed E-state index contributed by atoms with van der Waals surface area (Å²) in [7, 11) is -4.39. The maximum absolute atomic E-state index is 13.3. The molecule has 1 aliphatic heterocycles. The van der Waals surface area contributed by atoms with Crippen LogP contribution in [0, 0.1) is 0 Å². The summed E-state index contributed by atoms with van der Waals surface area (Å²) in [5.74, 6) is -0.205. The summed E-state index contributed by atoms with van der Waals surface area (Å²) in [6.45, 7) is 0.561. The number of alkyl halides is 3. The van der Waals surface area contributed by atoms with Crippen LogP contribution in [0.1, 0.15) is 28.8 Å². The molecule has 0 unspecified atom stereocenters. The number of nitrogens with two attached hydrogens (primary N) is 1. The second-order valence-electron chi connectivity index (χ2n) is 6.95. The van der Waals surface area contributed by atoms with Crippen molar-refractivity contribution >= 4 is 37.5 Å². The lowest BCUT2D eigenvalue weighted by molar-refractivity contribution is -0.139. The van der Waals surface area contributed by atoms with Crippen LogP contribution in [0.2, 0.25) is 0 Å². The summed E-state index contributed by atoms with van der Waals surface area (Å²) in [5, 5.41) is 0. The molecule has 0 saturated carbocycles. The second kappa shape index (κ2) is 8.56. The Labute approximate surface area is 180 Å². The van der Waals surface area contributed by atoms with Crippen LogP contribution in [-0.4, -0.2) is 38.4 Å². The van der Waals surface area contributed by atoms with Gasteiger partial charge in [-0.05, 0) is 55.3 Å². The predicted molar refractivity (Wildman–Crippen MR) is 109 cm³/mol. The zero-order valence-electron chi connectivity index (χ0n) is 15.6. The van der Waals surface area contributed by atoms with Crippen molar-refractivity contribution in [2.75, 3.05) is 18.8 Å². The summed E-state index contributed by atoms with van der Waals surface area (Å²) < 4.78 is 67.6. The number of rotatable bonds is 4. The maximum Gasteiger partial charge on any atom is 0.417 e. The number of nitrogen functional groups attached to an aromatic ring is 1. The Bertz CT molecular complexity index is 1040. The Kier molecular flexibility index (Phi) is 6.44. The highest BCUT2D eigenvalue weighted by Gasteiger charge is 2.38. The molecular formula is C19H19BrF3N3O3S. The topological polar surface area (TPSA) is 92.5 Å². The summed E-state index contributed by atoms with van der Waals surface area (Å²) in [5.41, 5.74) is 5.38. The number of nitrogens with zero attached hydrogens (tertiary/aromatic N) is 1. The van der Waals surface area contributed by atoms with Crippen LogP contribution in [0.15, 0.2) is 51.8 Å². The fourth-order valence-corrected chi connectivity index (χ4v) is 5.12. The van der Waals surface area contributed by atoms with Crippen LogP contribution in [0.25, 0.3) is 0 Å². The molecule has 0 aromatic heterocycles. The SMILES string of the molecule is Nc1ccc(C(=O)N2CCC(NS(=O)(=O)c3ccc(Br)cc3C(F)(F)F)CC2)cc1. The Morgan fingerprint density at radius 1 is 1.10 bits per heavy atom. The summed E-state index contributed by atoms with van der Waals surface area (Å²) in [6.07, 6.45) is -4.24. The maximum atomic E-state index is 13.3. The zero-order chi connectivity index (χ0) is 22.1. The summed E-state index contributed by atoms with van der Waals surface area (Å²) in [4.78, 5) is 13.3. The van der Waals surface area contributed by atoms with Gasteiger partial charge in [-0.2, -0.15) is 13.2 Å². The molecule has 162 valence electrons. The molecule has 6 nitrogen and oxygen atoms in total. The van der Waals surface area contributed by atoms with Crippen LogP contribution in [0.5, 0.6) is 0 Å². The van der Waals surface area contributed by atoms with Crippen molar-refractivity contribution in [1.29, 1.82) is 0 Å².